The Balaban J connectivity index is 1.22. The van der Waals surface area contributed by atoms with Crippen LogP contribution in [0.15, 0.2) is 30.5 Å². The summed E-state index contributed by atoms with van der Waals surface area (Å²) in [5.41, 5.74) is 0.224. The lowest BCUT2D eigenvalue weighted by atomic mass is 9.93. The summed E-state index contributed by atoms with van der Waals surface area (Å²) < 4.78 is 43.8. The van der Waals surface area contributed by atoms with Crippen LogP contribution in [0.1, 0.15) is 31.2 Å². The van der Waals surface area contributed by atoms with E-state index in [0.717, 1.165) is 37.8 Å². The number of benzene rings is 1. The number of carboxylic acids is 1. The predicted molar refractivity (Wildman–Crippen MR) is 127 cm³/mol. The van der Waals surface area contributed by atoms with Crippen molar-refractivity contribution in [2.45, 2.75) is 44.0 Å². The van der Waals surface area contributed by atoms with Gasteiger partial charge in [-0.2, -0.15) is 18.3 Å². The third-order valence-electron chi connectivity index (χ3n) is 6.56. The highest BCUT2D eigenvalue weighted by Crippen LogP contribution is 2.30. The first-order valence-electron chi connectivity index (χ1n) is 12.1. The zero-order valence-electron chi connectivity index (χ0n) is 20.2. The summed E-state index contributed by atoms with van der Waals surface area (Å²) in [4.78, 5) is 31.6. The number of halogens is 3. The Kier molecular flexibility index (Phi) is 8.54. The molecule has 1 aliphatic heterocycles. The van der Waals surface area contributed by atoms with Gasteiger partial charge in [-0.15, -0.1) is 5.10 Å². The summed E-state index contributed by atoms with van der Waals surface area (Å²) in [7, 11) is 0. The van der Waals surface area contributed by atoms with Crippen molar-refractivity contribution in [2.75, 3.05) is 44.2 Å². The number of alkyl halides is 3. The van der Waals surface area contributed by atoms with Crippen LogP contribution in [0.2, 0.25) is 0 Å². The molecule has 0 unspecified atom stereocenters. The smallest absolute Gasteiger partial charge is 0.416 e. The number of rotatable bonds is 8. The summed E-state index contributed by atoms with van der Waals surface area (Å²) >= 11 is 0. The van der Waals surface area contributed by atoms with Crippen LogP contribution < -0.4 is 10.2 Å². The van der Waals surface area contributed by atoms with Crippen LogP contribution in [0.4, 0.5) is 19.1 Å². The molecule has 1 aromatic carbocycles. The molecule has 37 heavy (non-hydrogen) atoms. The third kappa shape index (κ3) is 7.59. The van der Waals surface area contributed by atoms with E-state index in [9.17, 15) is 22.8 Å². The van der Waals surface area contributed by atoms with Gasteiger partial charge in [0.2, 0.25) is 11.9 Å². The molecule has 2 fully saturated rings. The molecule has 1 saturated carbocycles. The first-order chi connectivity index (χ1) is 17.7. The lowest BCUT2D eigenvalue weighted by Crippen LogP contribution is -2.51. The largest absolute Gasteiger partial charge is 0.480 e. The third-order valence-corrected chi connectivity index (χ3v) is 6.56. The van der Waals surface area contributed by atoms with E-state index in [1.54, 1.807) is 0 Å². The van der Waals surface area contributed by atoms with E-state index < -0.39 is 17.7 Å². The topological polar surface area (TPSA) is 121 Å². The van der Waals surface area contributed by atoms with Gasteiger partial charge in [-0.05, 0) is 37.8 Å². The summed E-state index contributed by atoms with van der Waals surface area (Å²) in [5, 5.41) is 19.8. The highest BCUT2D eigenvalue weighted by Gasteiger charge is 2.30. The van der Waals surface area contributed by atoms with Crippen LogP contribution >= 0.6 is 0 Å². The molecule has 2 N–H and O–H groups in total. The minimum absolute atomic E-state index is 0.0504. The van der Waals surface area contributed by atoms with E-state index >= 15 is 0 Å². The van der Waals surface area contributed by atoms with Gasteiger partial charge in [-0.3, -0.25) is 9.69 Å². The Hall–Kier alpha value is -3.32. The molecular formula is C24H29F3N6O4. The maximum absolute atomic E-state index is 12.8. The Morgan fingerprint density at radius 2 is 1.73 bits per heavy atom. The van der Waals surface area contributed by atoms with Crippen molar-refractivity contribution >= 4 is 17.8 Å². The number of ether oxygens (including phenoxy) is 1. The fraction of sp³-hybridized carbons (Fsp3) is 0.542. The average Bonchev–Trinajstić information content (AvgIpc) is 2.88. The molecule has 10 nitrogen and oxygen atoms in total. The van der Waals surface area contributed by atoms with Crippen molar-refractivity contribution in [2.24, 2.45) is 0 Å². The molecule has 1 aliphatic carbocycles. The predicted octanol–water partition coefficient (Wildman–Crippen LogP) is 2.21. The van der Waals surface area contributed by atoms with Gasteiger partial charge in [0.25, 0.3) is 0 Å². The molecule has 0 atom stereocenters. The summed E-state index contributed by atoms with van der Waals surface area (Å²) in [6, 6.07) is 4.82. The van der Waals surface area contributed by atoms with Gasteiger partial charge in [-0.1, -0.05) is 12.1 Å². The van der Waals surface area contributed by atoms with Gasteiger partial charge in [0.15, 0.2) is 0 Å². The fourth-order valence-corrected chi connectivity index (χ4v) is 4.54. The molecule has 1 amide bonds. The summed E-state index contributed by atoms with van der Waals surface area (Å²) in [6.45, 7) is 2.38. The number of piperazine rings is 1. The van der Waals surface area contributed by atoms with Crippen LogP contribution in [0, 0.1) is 0 Å². The van der Waals surface area contributed by atoms with Crippen LogP contribution in [-0.4, -0.2) is 88.5 Å². The highest BCUT2D eigenvalue weighted by atomic mass is 19.4. The maximum atomic E-state index is 12.8. The van der Waals surface area contributed by atoms with Gasteiger partial charge in [-0.25, -0.2) is 9.78 Å². The van der Waals surface area contributed by atoms with E-state index in [4.69, 9.17) is 9.84 Å². The molecule has 0 radical (unpaired) electrons. The van der Waals surface area contributed by atoms with Crippen molar-refractivity contribution in [3.8, 4) is 11.3 Å². The number of carboxylic acid groups (broad SMARTS) is 1. The number of amides is 1. The number of aromatic nitrogens is 3. The Morgan fingerprint density at radius 1 is 1.05 bits per heavy atom. The first kappa shape index (κ1) is 26.7. The van der Waals surface area contributed by atoms with Crippen LogP contribution in [0.5, 0.6) is 0 Å². The van der Waals surface area contributed by atoms with Gasteiger partial charge in [0.1, 0.15) is 6.61 Å². The first-order valence-corrected chi connectivity index (χ1v) is 12.1. The normalized spacial score (nSPS) is 21.0. The van der Waals surface area contributed by atoms with Crippen LogP contribution in [0.25, 0.3) is 11.3 Å². The molecule has 4 rings (SSSR count). The molecule has 0 bridgehead atoms. The van der Waals surface area contributed by atoms with Crippen molar-refractivity contribution in [1.29, 1.82) is 0 Å². The number of aliphatic carboxylic acids is 1. The maximum Gasteiger partial charge on any atom is 0.416 e. The summed E-state index contributed by atoms with van der Waals surface area (Å²) in [6.07, 6.45) is -0.119. The highest BCUT2D eigenvalue weighted by molar-refractivity contribution is 5.78. The molecule has 2 aromatic rings. The standard InChI is InChI=1S/C24H29F3N6O4/c25-24(26,27)17-3-1-16(2-4-17)20-13-28-31-23(30-20)33-11-9-32(10-12-33)14-21(34)29-18-5-7-19(8-6-18)37-15-22(35)36/h1-4,13,18-19H,5-12,14-15H2,(H,29,34)(H,35,36). The summed E-state index contributed by atoms with van der Waals surface area (Å²) in [5.74, 6) is -0.640. The second-order valence-electron chi connectivity index (χ2n) is 9.23. The van der Waals surface area contributed by atoms with E-state index in [1.807, 2.05) is 9.80 Å². The Labute approximate surface area is 211 Å². The SMILES string of the molecule is O=C(O)COC1CCC(NC(=O)CN2CCN(c3nncc(-c4ccc(C(F)(F)F)cc4)n3)CC2)CC1. The van der Waals surface area contributed by atoms with Gasteiger partial charge >= 0.3 is 12.1 Å². The zero-order chi connectivity index (χ0) is 26.4. The molecule has 13 heteroatoms. The van der Waals surface area contributed by atoms with E-state index in [-0.39, 0.29) is 31.2 Å². The minimum atomic E-state index is -4.40. The van der Waals surface area contributed by atoms with E-state index in [2.05, 4.69) is 20.5 Å². The number of anilines is 1. The quantitative estimate of drug-likeness (QED) is 0.538. The van der Waals surface area contributed by atoms with Crippen molar-refractivity contribution in [3.05, 3.63) is 36.0 Å². The molecule has 1 aromatic heterocycles. The number of carbonyl (C=O) groups excluding carboxylic acids is 1. The van der Waals surface area contributed by atoms with Gasteiger partial charge < -0.3 is 20.1 Å². The van der Waals surface area contributed by atoms with E-state index in [0.29, 0.717) is 43.4 Å². The molecule has 0 spiro atoms. The van der Waals surface area contributed by atoms with E-state index in [1.165, 1.54) is 18.3 Å². The number of carbonyl (C=O) groups is 2. The molecule has 2 heterocycles. The van der Waals surface area contributed by atoms with Crippen molar-refractivity contribution < 1.29 is 32.6 Å². The van der Waals surface area contributed by atoms with Crippen molar-refractivity contribution in [3.63, 3.8) is 0 Å². The number of nitrogens with one attached hydrogen (secondary N) is 1. The zero-order valence-corrected chi connectivity index (χ0v) is 20.2. The van der Waals surface area contributed by atoms with Crippen LogP contribution in [0.3, 0.4) is 0 Å². The number of hydrogen-bond acceptors (Lipinski definition) is 8. The second kappa shape index (κ2) is 11.8. The number of hydrogen-bond donors (Lipinski definition) is 2. The fourth-order valence-electron chi connectivity index (χ4n) is 4.54. The van der Waals surface area contributed by atoms with Crippen LogP contribution in [-0.2, 0) is 20.5 Å². The number of nitrogens with zero attached hydrogens (tertiary/aromatic N) is 5. The average molecular weight is 523 g/mol. The minimum Gasteiger partial charge on any atom is -0.480 e. The lowest BCUT2D eigenvalue weighted by molar-refractivity contribution is -0.145. The molecule has 2 aliphatic rings. The van der Waals surface area contributed by atoms with Crippen molar-refractivity contribution in [1.82, 2.24) is 25.4 Å². The lowest BCUT2D eigenvalue weighted by Gasteiger charge is -2.34. The van der Waals surface area contributed by atoms with Gasteiger partial charge in [0, 0.05) is 37.8 Å². The monoisotopic (exact) mass is 522 g/mol. The molecule has 1 saturated heterocycles. The molecular weight excluding hydrogens is 493 g/mol. The van der Waals surface area contributed by atoms with Gasteiger partial charge in [0.05, 0.1) is 30.1 Å². The Bertz CT molecular complexity index is 1070. The molecule has 200 valence electrons. The second-order valence-corrected chi connectivity index (χ2v) is 9.23. The Morgan fingerprint density at radius 3 is 2.35 bits per heavy atom.